The number of anilines is 2. The summed E-state index contributed by atoms with van der Waals surface area (Å²) >= 11 is 12.3. The number of H-pyrrole nitrogens is 1. The molecule has 2 aromatic heterocycles. The minimum absolute atomic E-state index is 0.0644. The second-order valence-corrected chi connectivity index (χ2v) is 7.29. The van der Waals surface area contributed by atoms with Crippen LogP contribution in [0.3, 0.4) is 0 Å². The highest BCUT2D eigenvalue weighted by Gasteiger charge is 2.28. The van der Waals surface area contributed by atoms with Gasteiger partial charge in [-0.05, 0) is 42.8 Å². The highest BCUT2D eigenvalue weighted by atomic mass is 35.5. The Morgan fingerprint density at radius 1 is 1.04 bits per heavy atom. The molecule has 1 aliphatic heterocycles. The molecular weight excluding hydrogens is 381 g/mol. The van der Waals surface area contributed by atoms with Crippen LogP contribution in [0.2, 0.25) is 10.0 Å². The number of para-hydroxylation sites is 2. The maximum atomic E-state index is 6.23. The van der Waals surface area contributed by atoms with Gasteiger partial charge in [0, 0.05) is 11.8 Å². The van der Waals surface area contributed by atoms with Gasteiger partial charge in [0.15, 0.2) is 0 Å². The second kappa shape index (κ2) is 6.15. The van der Waals surface area contributed by atoms with E-state index in [4.69, 9.17) is 28.2 Å². The van der Waals surface area contributed by atoms with Crippen molar-refractivity contribution in [2.75, 3.05) is 4.90 Å². The number of allylic oxidation sites excluding steroid dienone is 2. The van der Waals surface area contributed by atoms with Crippen LogP contribution in [-0.4, -0.2) is 19.7 Å². The van der Waals surface area contributed by atoms with Crippen molar-refractivity contribution in [3.8, 4) is 0 Å². The summed E-state index contributed by atoms with van der Waals surface area (Å²) in [5.41, 5.74) is 4.01. The smallest absolute Gasteiger partial charge is 0.214 e. The topological polar surface area (TPSA) is 49.7 Å². The van der Waals surface area contributed by atoms with Crippen molar-refractivity contribution in [1.29, 1.82) is 0 Å². The highest BCUT2D eigenvalue weighted by molar-refractivity contribution is 6.42. The number of fused-ring (bicyclic) bond motifs is 2. The van der Waals surface area contributed by atoms with Crippen molar-refractivity contribution in [3.63, 3.8) is 0 Å². The summed E-state index contributed by atoms with van der Waals surface area (Å²) in [6.45, 7) is 2.06. The van der Waals surface area contributed by atoms with E-state index >= 15 is 0 Å². The van der Waals surface area contributed by atoms with Crippen molar-refractivity contribution in [2.24, 2.45) is 0 Å². The maximum absolute atomic E-state index is 6.23. The van der Waals surface area contributed by atoms with E-state index in [1.807, 2.05) is 53.2 Å². The zero-order chi connectivity index (χ0) is 18.5. The SMILES string of the molecule is CC1=CC(c2ccc(Cl)c(Cl)c2)n2nccc2N1c1nc2ccccc2[nH]1. The molecule has 0 radical (unpaired) electrons. The van der Waals surface area contributed by atoms with E-state index in [2.05, 4.69) is 28.0 Å². The van der Waals surface area contributed by atoms with Gasteiger partial charge in [-0.1, -0.05) is 41.4 Å². The Kier molecular flexibility index (Phi) is 3.74. The third-order valence-electron chi connectivity index (χ3n) is 4.77. The maximum Gasteiger partial charge on any atom is 0.214 e. The monoisotopic (exact) mass is 395 g/mol. The van der Waals surface area contributed by atoms with Gasteiger partial charge in [0.25, 0.3) is 0 Å². The minimum Gasteiger partial charge on any atom is -0.323 e. The van der Waals surface area contributed by atoms with Gasteiger partial charge in [0.2, 0.25) is 5.95 Å². The molecule has 0 amide bonds. The van der Waals surface area contributed by atoms with Gasteiger partial charge >= 0.3 is 0 Å². The molecule has 0 spiro atoms. The Hall–Kier alpha value is -2.76. The van der Waals surface area contributed by atoms with E-state index in [9.17, 15) is 0 Å². The summed E-state index contributed by atoms with van der Waals surface area (Å²) in [5.74, 6) is 1.70. The summed E-state index contributed by atoms with van der Waals surface area (Å²) in [7, 11) is 0. The van der Waals surface area contributed by atoms with Gasteiger partial charge in [-0.2, -0.15) is 5.10 Å². The molecule has 1 unspecified atom stereocenters. The van der Waals surface area contributed by atoms with E-state index in [0.717, 1.165) is 34.1 Å². The molecule has 0 aliphatic carbocycles. The van der Waals surface area contributed by atoms with Gasteiger partial charge in [-0.15, -0.1) is 0 Å². The molecule has 5 nitrogen and oxygen atoms in total. The lowest BCUT2D eigenvalue weighted by Crippen LogP contribution is -2.27. The quantitative estimate of drug-likeness (QED) is 0.472. The van der Waals surface area contributed by atoms with Crippen LogP contribution in [0.5, 0.6) is 0 Å². The fraction of sp³-hybridized carbons (Fsp3) is 0.100. The predicted octanol–water partition coefficient (Wildman–Crippen LogP) is 5.71. The number of imidazole rings is 1. The van der Waals surface area contributed by atoms with Crippen LogP contribution in [0.25, 0.3) is 11.0 Å². The first-order chi connectivity index (χ1) is 13.1. The number of hydrogen-bond acceptors (Lipinski definition) is 3. The lowest BCUT2D eigenvalue weighted by Gasteiger charge is -2.31. The van der Waals surface area contributed by atoms with Crippen molar-refractivity contribution < 1.29 is 0 Å². The molecule has 3 heterocycles. The van der Waals surface area contributed by atoms with Gasteiger partial charge in [-0.3, -0.25) is 4.90 Å². The molecular formula is C20H15Cl2N5. The van der Waals surface area contributed by atoms with Gasteiger partial charge in [-0.25, -0.2) is 9.67 Å². The van der Waals surface area contributed by atoms with Crippen molar-refractivity contribution in [2.45, 2.75) is 13.0 Å². The van der Waals surface area contributed by atoms with Gasteiger partial charge < -0.3 is 4.98 Å². The third-order valence-corrected chi connectivity index (χ3v) is 5.51. The van der Waals surface area contributed by atoms with E-state index in [1.54, 1.807) is 6.20 Å². The van der Waals surface area contributed by atoms with E-state index < -0.39 is 0 Å². The Morgan fingerprint density at radius 3 is 2.70 bits per heavy atom. The van der Waals surface area contributed by atoms with Crippen LogP contribution in [0.15, 0.2) is 66.5 Å². The zero-order valence-electron chi connectivity index (χ0n) is 14.4. The first kappa shape index (κ1) is 16.4. The number of halogens is 2. The van der Waals surface area contributed by atoms with Crippen molar-refractivity contribution >= 4 is 46.0 Å². The van der Waals surface area contributed by atoms with Crippen LogP contribution >= 0.6 is 23.2 Å². The number of benzene rings is 2. The first-order valence-corrected chi connectivity index (χ1v) is 9.29. The number of aromatic amines is 1. The second-order valence-electron chi connectivity index (χ2n) is 6.47. The molecule has 134 valence electrons. The van der Waals surface area contributed by atoms with Crippen LogP contribution in [-0.2, 0) is 0 Å². The number of rotatable bonds is 2. The molecule has 0 bridgehead atoms. The summed E-state index contributed by atoms with van der Waals surface area (Å²) in [6.07, 6.45) is 3.94. The summed E-state index contributed by atoms with van der Waals surface area (Å²) < 4.78 is 1.96. The van der Waals surface area contributed by atoms with Gasteiger partial charge in [0.1, 0.15) is 5.82 Å². The van der Waals surface area contributed by atoms with Crippen molar-refractivity contribution in [3.05, 3.63) is 82.1 Å². The fourth-order valence-corrected chi connectivity index (χ4v) is 3.81. The number of hydrogen-bond donors (Lipinski definition) is 1. The van der Waals surface area contributed by atoms with Crippen molar-refractivity contribution in [1.82, 2.24) is 19.7 Å². The fourth-order valence-electron chi connectivity index (χ4n) is 3.51. The molecule has 0 saturated heterocycles. The van der Waals surface area contributed by atoms with Crippen LogP contribution in [0, 0.1) is 0 Å². The largest absolute Gasteiger partial charge is 0.323 e. The molecule has 27 heavy (non-hydrogen) atoms. The highest BCUT2D eigenvalue weighted by Crippen LogP contribution is 2.38. The van der Waals surface area contributed by atoms with Crippen LogP contribution < -0.4 is 4.90 Å². The summed E-state index contributed by atoms with van der Waals surface area (Å²) in [4.78, 5) is 10.2. The molecule has 2 aromatic carbocycles. The molecule has 1 N–H and O–H groups in total. The Labute approximate surface area is 165 Å². The predicted molar refractivity (Wildman–Crippen MR) is 109 cm³/mol. The van der Waals surface area contributed by atoms with E-state index in [-0.39, 0.29) is 6.04 Å². The molecule has 1 atom stereocenters. The summed E-state index contributed by atoms with van der Waals surface area (Å²) in [5, 5.41) is 5.62. The Morgan fingerprint density at radius 2 is 1.89 bits per heavy atom. The third kappa shape index (κ3) is 2.62. The van der Waals surface area contributed by atoms with E-state index in [1.165, 1.54) is 0 Å². The normalized spacial score (nSPS) is 16.5. The molecule has 1 aliphatic rings. The molecule has 0 fully saturated rings. The lowest BCUT2D eigenvalue weighted by molar-refractivity contribution is 0.591. The van der Waals surface area contributed by atoms with Gasteiger partial charge in [0.05, 0.1) is 33.3 Å². The van der Waals surface area contributed by atoms with Crippen LogP contribution in [0.1, 0.15) is 18.5 Å². The lowest BCUT2D eigenvalue weighted by atomic mass is 10.0. The van der Waals surface area contributed by atoms with Crippen LogP contribution in [0.4, 0.5) is 11.8 Å². The average molecular weight is 396 g/mol. The number of nitrogens with one attached hydrogen (secondary N) is 1. The Bertz CT molecular complexity index is 1160. The molecule has 7 heteroatoms. The standard InChI is InChI=1S/C20H15Cl2N5/c1-12-10-18(13-6-7-14(21)15(22)11-13)27-19(8-9-23-27)26(12)20-24-16-4-2-3-5-17(16)25-20/h2-11,18H,1H3,(H,24,25). The minimum atomic E-state index is -0.0644. The first-order valence-electron chi connectivity index (χ1n) is 8.53. The number of nitrogens with zero attached hydrogens (tertiary/aromatic N) is 4. The molecule has 5 rings (SSSR count). The zero-order valence-corrected chi connectivity index (χ0v) is 15.9. The van der Waals surface area contributed by atoms with E-state index in [0.29, 0.717) is 10.0 Å². The summed E-state index contributed by atoms with van der Waals surface area (Å²) in [6, 6.07) is 15.6. The number of aromatic nitrogens is 4. The molecule has 4 aromatic rings. The Balaban J connectivity index is 1.63. The molecule has 0 saturated carbocycles. The average Bonchev–Trinajstić information content (AvgIpc) is 3.30.